The summed E-state index contributed by atoms with van der Waals surface area (Å²) in [4.78, 5) is 73.8. The van der Waals surface area contributed by atoms with Crippen LogP contribution in [0.5, 0.6) is 0 Å². The number of likely N-dealkylation sites (tertiary alicyclic amines) is 1. The number of aliphatic hydroxyl groups is 1. The summed E-state index contributed by atoms with van der Waals surface area (Å²) in [6, 6.07) is 16.0. The molecule has 1 aliphatic carbocycles. The van der Waals surface area contributed by atoms with Crippen molar-refractivity contribution in [2.24, 2.45) is 11.1 Å². The third kappa shape index (κ3) is 20.1. The molecule has 384 valence electrons. The number of carbonyl (C=O) groups excluding carboxylic acids is 5. The summed E-state index contributed by atoms with van der Waals surface area (Å²) in [6.45, 7) is 11.8. The van der Waals surface area contributed by atoms with Crippen LogP contribution in [0.1, 0.15) is 147 Å². The highest BCUT2D eigenvalue weighted by Gasteiger charge is 2.27. The summed E-state index contributed by atoms with van der Waals surface area (Å²) in [5.74, 6) is -0.0654. The second-order valence-electron chi connectivity index (χ2n) is 19.7. The summed E-state index contributed by atoms with van der Waals surface area (Å²) < 4.78 is 6.58. The van der Waals surface area contributed by atoms with Gasteiger partial charge in [-0.3, -0.25) is 29.5 Å². The predicted octanol–water partition coefficient (Wildman–Crippen LogP) is 11.3. The van der Waals surface area contributed by atoms with Crippen LogP contribution in [0.25, 0.3) is 31.8 Å². The Balaban J connectivity index is 0.000000261. The van der Waals surface area contributed by atoms with Gasteiger partial charge in [-0.15, -0.1) is 11.3 Å². The van der Waals surface area contributed by atoms with E-state index in [4.69, 9.17) is 10.5 Å². The zero-order chi connectivity index (χ0) is 51.2. The molecule has 4 heterocycles. The Morgan fingerprint density at radius 2 is 1.51 bits per heavy atom. The zero-order valence-electron chi connectivity index (χ0n) is 42.2. The first kappa shape index (κ1) is 56.1. The number of rotatable bonds is 20. The van der Waals surface area contributed by atoms with Crippen LogP contribution in [0.2, 0.25) is 0 Å². The molecule has 17 heteroatoms. The van der Waals surface area contributed by atoms with Crippen LogP contribution in [0.15, 0.2) is 60.2 Å². The number of fused-ring (bicyclic) bond motifs is 1. The van der Waals surface area contributed by atoms with Crippen LogP contribution in [0.4, 0.5) is 15.6 Å². The van der Waals surface area contributed by atoms with E-state index in [2.05, 4.69) is 63.8 Å². The van der Waals surface area contributed by atoms with Crippen LogP contribution < -0.4 is 21.7 Å². The van der Waals surface area contributed by atoms with Crippen molar-refractivity contribution in [2.45, 2.75) is 163 Å². The van der Waals surface area contributed by atoms with Crippen molar-refractivity contribution >= 4 is 73.9 Å². The van der Waals surface area contributed by atoms with Crippen molar-refractivity contribution in [3.63, 3.8) is 0 Å². The maximum atomic E-state index is 12.5. The van der Waals surface area contributed by atoms with Crippen molar-refractivity contribution < 1.29 is 33.8 Å². The molecule has 1 aliphatic heterocycles. The first-order chi connectivity index (χ1) is 34.1. The monoisotopic (exact) mass is 1010 g/mol. The van der Waals surface area contributed by atoms with Gasteiger partial charge in [0.25, 0.3) is 0 Å². The number of nitrogens with one attached hydrogen (secondary N) is 3. The van der Waals surface area contributed by atoms with Crippen molar-refractivity contribution in [3.8, 4) is 21.6 Å². The Morgan fingerprint density at radius 3 is 2.13 bits per heavy atom. The highest BCUT2D eigenvalue weighted by molar-refractivity contribution is 7.22. The lowest BCUT2D eigenvalue weighted by atomic mass is 9.92. The van der Waals surface area contributed by atoms with E-state index in [1.807, 2.05) is 55.8 Å². The van der Waals surface area contributed by atoms with Gasteiger partial charge in [0.1, 0.15) is 6.10 Å². The standard InChI is InChI=1S/C32H43N5O4S.C12H12N2OS.C10H19NO2/c1-22-27(36-32(40)41-25-13-9-8-10-14-25)19-24(21-34-22)23-17-18-26-28(20-23)42-31(35-26)37-30(39)16-12-7-5-3-2-4-6-11-15-29(33)38;1-9-12(16-8-14-9)11-4-2-10(3-5-11)6-13-7-15;1-10(2,3)6-9(13)11-5-4-8(12)7-11/h17-21,25H,2-16H2,1H3,(H2,33,38)(H,36,40)(H,35,37,39);2-5,7-8H,6H2,1H3,(H,13,15);8,12H,4-7H2,1-3H3. The van der Waals surface area contributed by atoms with Gasteiger partial charge >= 0.3 is 6.09 Å². The number of aliphatic hydroxyl groups excluding tert-OH is 1. The number of pyridine rings is 1. The second kappa shape index (κ2) is 28.9. The minimum atomic E-state index is -0.434. The van der Waals surface area contributed by atoms with Gasteiger partial charge in [0.05, 0.1) is 43.8 Å². The number of benzene rings is 2. The Morgan fingerprint density at radius 1 is 0.831 bits per heavy atom. The third-order valence-electron chi connectivity index (χ3n) is 12.2. The van der Waals surface area contributed by atoms with Crippen LogP contribution in [-0.4, -0.2) is 80.5 Å². The van der Waals surface area contributed by atoms with Gasteiger partial charge in [0.2, 0.25) is 24.1 Å². The molecule has 71 heavy (non-hydrogen) atoms. The van der Waals surface area contributed by atoms with Crippen LogP contribution in [0.3, 0.4) is 0 Å². The number of primary amides is 1. The molecular formula is C54H74N8O7S2. The van der Waals surface area contributed by atoms with Gasteiger partial charge in [-0.25, -0.2) is 14.8 Å². The van der Waals surface area contributed by atoms with Gasteiger partial charge in [0.15, 0.2) is 5.13 Å². The number of ether oxygens (including phenoxy) is 1. The maximum Gasteiger partial charge on any atom is 0.411 e. The Kier molecular flexibility index (Phi) is 22.9. The van der Waals surface area contributed by atoms with Crippen molar-refractivity contribution in [2.75, 3.05) is 23.7 Å². The zero-order valence-corrected chi connectivity index (χ0v) is 43.9. The van der Waals surface area contributed by atoms with Crippen molar-refractivity contribution in [1.29, 1.82) is 0 Å². The lowest BCUT2D eigenvalue weighted by Crippen LogP contribution is -2.32. The number of hydrogen-bond acceptors (Lipinski definition) is 12. The van der Waals surface area contributed by atoms with Crippen molar-refractivity contribution in [3.05, 3.63) is 77.2 Å². The molecule has 0 radical (unpaired) electrons. The van der Waals surface area contributed by atoms with E-state index in [9.17, 15) is 29.1 Å². The highest BCUT2D eigenvalue weighted by Crippen LogP contribution is 2.33. The molecule has 6 N–H and O–H groups in total. The first-order valence-corrected chi connectivity index (χ1v) is 26.8. The fraction of sp³-hybridized carbons (Fsp3) is 0.519. The fourth-order valence-electron chi connectivity index (χ4n) is 8.32. The van der Waals surface area contributed by atoms with Gasteiger partial charge in [-0.1, -0.05) is 107 Å². The molecule has 0 spiro atoms. The lowest BCUT2D eigenvalue weighted by molar-refractivity contribution is -0.132. The first-order valence-electron chi connectivity index (χ1n) is 25.1. The van der Waals surface area contributed by atoms with E-state index in [0.717, 1.165) is 128 Å². The number of anilines is 2. The van der Waals surface area contributed by atoms with E-state index in [1.165, 1.54) is 28.2 Å². The topological polar surface area (TPSA) is 219 Å². The van der Waals surface area contributed by atoms with Gasteiger partial charge < -0.3 is 31.1 Å². The van der Waals surface area contributed by atoms with E-state index >= 15 is 0 Å². The molecular weight excluding hydrogens is 937 g/mol. The van der Waals surface area contributed by atoms with Crippen LogP contribution in [0, 0.1) is 19.3 Å². The Labute approximate surface area is 427 Å². The summed E-state index contributed by atoms with van der Waals surface area (Å²) in [5, 5.41) is 18.3. The van der Waals surface area contributed by atoms with Gasteiger partial charge in [0, 0.05) is 50.7 Å². The lowest BCUT2D eigenvalue weighted by Gasteiger charge is -2.22. The quantitative estimate of drug-likeness (QED) is 0.0367. The molecule has 2 aromatic carbocycles. The van der Waals surface area contributed by atoms with E-state index in [0.29, 0.717) is 49.6 Å². The number of aryl methyl sites for hydroxylation is 2. The average Bonchev–Trinajstić information content (AvgIpc) is 4.09. The highest BCUT2D eigenvalue weighted by atomic mass is 32.1. The molecule has 5 aromatic rings. The number of carbonyl (C=O) groups is 5. The maximum absolute atomic E-state index is 12.5. The summed E-state index contributed by atoms with van der Waals surface area (Å²) >= 11 is 3.09. The number of amides is 5. The number of unbranched alkanes of at least 4 members (excludes halogenated alkanes) is 7. The second-order valence-corrected chi connectivity index (χ2v) is 21.6. The average molecular weight is 1010 g/mol. The molecule has 2 fully saturated rings. The Hall–Kier alpha value is -5.78. The summed E-state index contributed by atoms with van der Waals surface area (Å²) in [6.07, 6.45) is 17.6. The van der Waals surface area contributed by atoms with Crippen LogP contribution in [-0.2, 0) is 30.5 Å². The third-order valence-corrected chi connectivity index (χ3v) is 14.2. The molecule has 0 bridgehead atoms. The summed E-state index contributed by atoms with van der Waals surface area (Å²) in [7, 11) is 0. The number of hydrogen-bond donors (Lipinski definition) is 5. The van der Waals surface area contributed by atoms with E-state index < -0.39 is 6.09 Å². The molecule has 7 rings (SSSR count). The predicted molar refractivity (Wildman–Crippen MR) is 285 cm³/mol. The van der Waals surface area contributed by atoms with Gasteiger partial charge in [-0.2, -0.15) is 0 Å². The number of β-amino-alcohol motifs (C(OH)–C–C–N with tert-alkyl or cyclic N) is 1. The molecule has 2 aliphatic rings. The molecule has 1 saturated heterocycles. The molecule has 3 aromatic heterocycles. The normalized spacial score (nSPS) is 14.7. The molecule has 15 nitrogen and oxygen atoms in total. The molecule has 1 unspecified atom stereocenters. The molecule has 5 amide bonds. The number of aromatic nitrogens is 3. The molecule has 1 saturated carbocycles. The van der Waals surface area contributed by atoms with Crippen molar-refractivity contribution in [1.82, 2.24) is 25.2 Å². The van der Waals surface area contributed by atoms with Crippen LogP contribution >= 0.6 is 22.7 Å². The smallest absolute Gasteiger partial charge is 0.411 e. The Bertz CT molecular complexity index is 2480. The van der Waals surface area contributed by atoms with Gasteiger partial charge in [-0.05, 0) is 99.1 Å². The SMILES string of the molecule is CC(C)(C)CC(=O)N1CCC(O)C1.Cc1ncc(-c2ccc3nc(NC(=O)CCCCCCCCCCC(N)=O)sc3c2)cc1NC(=O)OC1CCCCC1.Cc1ncsc1-c1ccc(CNC=O)cc1. The number of nitrogens with two attached hydrogens (primary N) is 1. The summed E-state index contributed by atoms with van der Waals surface area (Å²) in [5.41, 5.74) is 14.4. The van der Waals surface area contributed by atoms with E-state index in [-0.39, 0.29) is 35.3 Å². The number of nitrogens with zero attached hydrogens (tertiary/aromatic N) is 4. The molecule has 1 atom stereocenters. The largest absolute Gasteiger partial charge is 0.446 e. The minimum Gasteiger partial charge on any atom is -0.446 e. The van der Waals surface area contributed by atoms with E-state index in [1.54, 1.807) is 22.4 Å². The fourth-order valence-corrected chi connectivity index (χ4v) is 10.1. The number of thiazole rings is 2. The minimum absolute atomic E-state index is 0.0130.